The SMILES string of the molecule is OCC1c2ccccc2CCN1Cc1cn2ccccc2n1. The first-order chi connectivity index (χ1) is 10.8. The topological polar surface area (TPSA) is 40.8 Å². The molecule has 1 aliphatic rings. The van der Waals surface area contributed by atoms with Crippen molar-refractivity contribution in [3.05, 3.63) is 71.7 Å². The summed E-state index contributed by atoms with van der Waals surface area (Å²) in [6.45, 7) is 1.86. The maximum atomic E-state index is 9.86. The van der Waals surface area contributed by atoms with Crippen molar-refractivity contribution in [1.29, 1.82) is 0 Å². The van der Waals surface area contributed by atoms with E-state index in [1.54, 1.807) is 0 Å². The standard InChI is InChI=1S/C18H19N3O/c22-13-17-16-6-2-1-5-14(16)8-10-20(17)11-15-12-21-9-4-3-7-18(21)19-15/h1-7,9,12,17,22H,8,10-11,13H2. The van der Waals surface area contributed by atoms with E-state index in [2.05, 4.69) is 40.3 Å². The molecule has 2 aromatic heterocycles. The summed E-state index contributed by atoms with van der Waals surface area (Å²) in [5.74, 6) is 0. The van der Waals surface area contributed by atoms with Crippen LogP contribution in [0.15, 0.2) is 54.9 Å². The van der Waals surface area contributed by atoms with Gasteiger partial charge in [0.2, 0.25) is 0 Å². The van der Waals surface area contributed by atoms with Crippen molar-refractivity contribution in [3.63, 3.8) is 0 Å². The first-order valence-corrected chi connectivity index (χ1v) is 7.70. The molecule has 0 saturated carbocycles. The van der Waals surface area contributed by atoms with Crippen LogP contribution in [0, 0.1) is 0 Å². The summed E-state index contributed by atoms with van der Waals surface area (Å²) in [6.07, 6.45) is 5.12. The molecule has 3 aromatic rings. The Morgan fingerprint density at radius 3 is 2.86 bits per heavy atom. The van der Waals surface area contributed by atoms with Gasteiger partial charge in [0.1, 0.15) is 5.65 Å². The van der Waals surface area contributed by atoms with Gasteiger partial charge >= 0.3 is 0 Å². The minimum atomic E-state index is 0.0646. The Morgan fingerprint density at radius 2 is 2.00 bits per heavy atom. The minimum Gasteiger partial charge on any atom is -0.394 e. The van der Waals surface area contributed by atoms with Crippen LogP contribution in [0.1, 0.15) is 22.9 Å². The molecule has 1 aliphatic heterocycles. The van der Waals surface area contributed by atoms with Crippen LogP contribution in [0.4, 0.5) is 0 Å². The van der Waals surface area contributed by atoms with Crippen LogP contribution >= 0.6 is 0 Å². The molecule has 0 radical (unpaired) electrons. The van der Waals surface area contributed by atoms with Gasteiger partial charge in [-0.2, -0.15) is 0 Å². The third kappa shape index (κ3) is 2.30. The minimum absolute atomic E-state index is 0.0646. The quantitative estimate of drug-likeness (QED) is 0.806. The highest BCUT2D eigenvalue weighted by Gasteiger charge is 2.26. The number of aliphatic hydroxyl groups is 1. The van der Waals surface area contributed by atoms with E-state index in [9.17, 15) is 5.11 Å². The van der Waals surface area contributed by atoms with Crippen LogP contribution in [0.5, 0.6) is 0 Å². The number of imidazole rings is 1. The van der Waals surface area contributed by atoms with Gasteiger partial charge in [-0.25, -0.2) is 4.98 Å². The van der Waals surface area contributed by atoms with E-state index in [0.717, 1.165) is 30.9 Å². The van der Waals surface area contributed by atoms with E-state index < -0.39 is 0 Å². The second-order valence-electron chi connectivity index (χ2n) is 5.82. The van der Waals surface area contributed by atoms with Crippen LogP contribution in [-0.4, -0.2) is 32.5 Å². The Labute approximate surface area is 129 Å². The summed E-state index contributed by atoms with van der Waals surface area (Å²) in [5.41, 5.74) is 4.62. The molecule has 0 amide bonds. The van der Waals surface area contributed by atoms with Crippen molar-refractivity contribution in [1.82, 2.24) is 14.3 Å². The lowest BCUT2D eigenvalue weighted by Gasteiger charge is -2.35. The number of benzene rings is 1. The molecule has 1 atom stereocenters. The number of rotatable bonds is 3. The molecule has 4 nitrogen and oxygen atoms in total. The molecule has 0 aliphatic carbocycles. The lowest BCUT2D eigenvalue weighted by molar-refractivity contribution is 0.107. The van der Waals surface area contributed by atoms with Gasteiger partial charge < -0.3 is 9.51 Å². The van der Waals surface area contributed by atoms with Crippen molar-refractivity contribution < 1.29 is 5.11 Å². The molecule has 0 fully saturated rings. The van der Waals surface area contributed by atoms with Crippen molar-refractivity contribution in [2.75, 3.05) is 13.2 Å². The second-order valence-corrected chi connectivity index (χ2v) is 5.82. The third-order valence-corrected chi connectivity index (χ3v) is 4.48. The van der Waals surface area contributed by atoms with Gasteiger partial charge in [-0.1, -0.05) is 30.3 Å². The summed E-state index contributed by atoms with van der Waals surface area (Å²) in [6, 6.07) is 14.5. The lowest BCUT2D eigenvalue weighted by atomic mass is 9.93. The molecule has 0 bridgehead atoms. The first kappa shape index (κ1) is 13.5. The number of aromatic nitrogens is 2. The average Bonchev–Trinajstić information content (AvgIpc) is 2.97. The molecular weight excluding hydrogens is 274 g/mol. The number of hydrogen-bond donors (Lipinski definition) is 1. The van der Waals surface area contributed by atoms with Crippen molar-refractivity contribution in [2.24, 2.45) is 0 Å². The lowest BCUT2D eigenvalue weighted by Crippen LogP contribution is -2.36. The maximum Gasteiger partial charge on any atom is 0.137 e. The van der Waals surface area contributed by atoms with E-state index >= 15 is 0 Å². The second kappa shape index (κ2) is 5.55. The van der Waals surface area contributed by atoms with Gasteiger partial charge in [0, 0.05) is 25.5 Å². The fourth-order valence-corrected chi connectivity index (χ4v) is 3.38. The highest BCUT2D eigenvalue weighted by atomic mass is 16.3. The predicted molar refractivity (Wildman–Crippen MR) is 85.6 cm³/mol. The number of nitrogens with zero attached hydrogens (tertiary/aromatic N) is 3. The van der Waals surface area contributed by atoms with Gasteiger partial charge in [0.15, 0.2) is 0 Å². The normalized spacial score (nSPS) is 18.5. The molecule has 4 rings (SSSR count). The smallest absolute Gasteiger partial charge is 0.137 e. The number of aliphatic hydroxyl groups excluding tert-OH is 1. The molecule has 3 heterocycles. The first-order valence-electron chi connectivity index (χ1n) is 7.70. The number of pyridine rings is 1. The highest BCUT2D eigenvalue weighted by Crippen LogP contribution is 2.30. The summed E-state index contributed by atoms with van der Waals surface area (Å²) in [7, 11) is 0. The van der Waals surface area contributed by atoms with E-state index in [0.29, 0.717) is 0 Å². The van der Waals surface area contributed by atoms with E-state index in [4.69, 9.17) is 0 Å². The van der Waals surface area contributed by atoms with Crippen molar-refractivity contribution in [3.8, 4) is 0 Å². The molecule has 22 heavy (non-hydrogen) atoms. The number of hydrogen-bond acceptors (Lipinski definition) is 3. The summed E-state index contributed by atoms with van der Waals surface area (Å²) in [5, 5.41) is 9.86. The van der Waals surface area contributed by atoms with Crippen molar-refractivity contribution in [2.45, 2.75) is 19.0 Å². The highest BCUT2D eigenvalue weighted by molar-refractivity contribution is 5.39. The summed E-state index contributed by atoms with van der Waals surface area (Å²) in [4.78, 5) is 6.99. The van der Waals surface area contributed by atoms with Crippen LogP contribution in [0.25, 0.3) is 5.65 Å². The Hall–Kier alpha value is -2.17. The number of fused-ring (bicyclic) bond motifs is 2. The molecule has 0 saturated heterocycles. The van der Waals surface area contributed by atoms with Crippen LogP contribution in [-0.2, 0) is 13.0 Å². The van der Waals surface area contributed by atoms with Gasteiger partial charge in [-0.05, 0) is 29.7 Å². The van der Waals surface area contributed by atoms with E-state index in [-0.39, 0.29) is 12.6 Å². The molecule has 4 heteroatoms. The fourth-order valence-electron chi connectivity index (χ4n) is 3.38. The molecular formula is C18H19N3O. The van der Waals surface area contributed by atoms with Crippen LogP contribution in [0.2, 0.25) is 0 Å². The third-order valence-electron chi connectivity index (χ3n) is 4.48. The monoisotopic (exact) mass is 293 g/mol. The Balaban J connectivity index is 1.62. The largest absolute Gasteiger partial charge is 0.394 e. The molecule has 0 spiro atoms. The predicted octanol–water partition coefficient (Wildman–Crippen LogP) is 2.43. The van der Waals surface area contributed by atoms with Gasteiger partial charge in [-0.15, -0.1) is 0 Å². The molecule has 112 valence electrons. The van der Waals surface area contributed by atoms with Gasteiger partial charge in [-0.3, -0.25) is 4.90 Å². The zero-order valence-corrected chi connectivity index (χ0v) is 12.4. The van der Waals surface area contributed by atoms with Crippen molar-refractivity contribution >= 4 is 5.65 Å². The molecule has 1 N–H and O–H groups in total. The van der Waals surface area contributed by atoms with E-state index in [1.807, 2.05) is 28.8 Å². The average molecular weight is 293 g/mol. The maximum absolute atomic E-state index is 9.86. The summed E-state index contributed by atoms with van der Waals surface area (Å²) >= 11 is 0. The molecule has 1 unspecified atom stereocenters. The van der Waals surface area contributed by atoms with Gasteiger partial charge in [0.05, 0.1) is 18.3 Å². The fraction of sp³-hybridized carbons (Fsp3) is 0.278. The van der Waals surface area contributed by atoms with Crippen LogP contribution < -0.4 is 0 Å². The zero-order chi connectivity index (χ0) is 14.9. The Kier molecular flexibility index (Phi) is 3.41. The van der Waals surface area contributed by atoms with Gasteiger partial charge in [0.25, 0.3) is 0 Å². The Morgan fingerprint density at radius 1 is 1.14 bits per heavy atom. The Bertz CT molecular complexity index is 763. The zero-order valence-electron chi connectivity index (χ0n) is 12.4. The van der Waals surface area contributed by atoms with Crippen LogP contribution in [0.3, 0.4) is 0 Å². The van der Waals surface area contributed by atoms with E-state index in [1.165, 1.54) is 11.1 Å². The summed E-state index contributed by atoms with van der Waals surface area (Å²) < 4.78 is 2.04. The molecule has 1 aromatic carbocycles.